The van der Waals surface area contributed by atoms with Crippen LogP contribution in [0, 0.1) is 5.82 Å². The third-order valence-electron chi connectivity index (χ3n) is 5.93. The van der Waals surface area contributed by atoms with Crippen LogP contribution in [0.4, 0.5) is 10.1 Å². The molecule has 9 heteroatoms. The highest BCUT2D eigenvalue weighted by atomic mass is 79.9. The van der Waals surface area contributed by atoms with Gasteiger partial charge in [-0.1, -0.05) is 11.6 Å². The molecule has 0 aliphatic carbocycles. The minimum atomic E-state index is -0.581. The second kappa shape index (κ2) is 7.76. The quantitative estimate of drug-likeness (QED) is 0.486. The Balaban J connectivity index is 1.45. The number of rotatable bonds is 3. The lowest BCUT2D eigenvalue weighted by atomic mass is 9.92. The fraction of sp³-hybridized carbons (Fsp3) is 0.227. The maximum Gasteiger partial charge on any atom is 0.247 e. The molecule has 3 N–H and O–H groups in total. The number of halogens is 3. The largest absolute Gasteiger partial charge is 0.398 e. The number of aromatic nitrogens is 3. The van der Waals surface area contributed by atoms with E-state index in [-0.39, 0.29) is 34.3 Å². The van der Waals surface area contributed by atoms with Gasteiger partial charge in [0, 0.05) is 45.8 Å². The summed E-state index contributed by atoms with van der Waals surface area (Å²) in [5.41, 5.74) is 8.90. The van der Waals surface area contributed by atoms with Crippen LogP contribution in [0.25, 0.3) is 16.8 Å². The number of nitrogens with two attached hydrogens (primary N) is 1. The van der Waals surface area contributed by atoms with Crippen molar-refractivity contribution in [2.75, 3.05) is 5.73 Å². The second-order valence-corrected chi connectivity index (χ2v) is 8.99. The standard InChI is InChI=1S/C22H18BrClFN5O/c23-14-9-27-6-5-13(14)17-10-28-22(29-17)18-4-1-12-7-11(8-19(31)30(12)18)20-16(26)3-2-15(24)21(20)25/h2-3,5-6,8-10,12,18H,1,4,7,26H2,(H,28,29)/t12?,18-/m0/s1. The zero-order chi connectivity index (χ0) is 21.7. The van der Waals surface area contributed by atoms with E-state index in [0.717, 1.165) is 34.4 Å². The number of carbonyl (C=O) groups is 1. The molecule has 6 nitrogen and oxygen atoms in total. The number of benzene rings is 1. The monoisotopic (exact) mass is 501 g/mol. The Labute approximate surface area is 191 Å². The third kappa shape index (κ3) is 3.43. The Hall–Kier alpha value is -2.71. The van der Waals surface area contributed by atoms with E-state index in [2.05, 4.69) is 30.9 Å². The van der Waals surface area contributed by atoms with Crippen LogP contribution in [-0.4, -0.2) is 31.8 Å². The number of hydrogen-bond donors (Lipinski definition) is 2. The molecule has 1 aromatic carbocycles. The lowest BCUT2D eigenvalue weighted by Crippen LogP contribution is -2.39. The van der Waals surface area contributed by atoms with Gasteiger partial charge in [0.05, 0.1) is 23.0 Å². The molecule has 1 fully saturated rings. The van der Waals surface area contributed by atoms with E-state index in [4.69, 9.17) is 17.3 Å². The van der Waals surface area contributed by atoms with Crippen LogP contribution in [-0.2, 0) is 4.79 Å². The Morgan fingerprint density at radius 2 is 2.10 bits per heavy atom. The molecule has 1 unspecified atom stereocenters. The predicted octanol–water partition coefficient (Wildman–Crippen LogP) is 5.13. The average Bonchev–Trinajstić information content (AvgIpc) is 3.39. The highest BCUT2D eigenvalue weighted by Gasteiger charge is 2.42. The SMILES string of the molecule is Nc1ccc(Cl)c(F)c1C1=CC(=O)N2C(CC[C@H]2c2ncc(-c3ccncc3Br)[nH]2)C1. The number of anilines is 1. The Morgan fingerprint density at radius 1 is 1.26 bits per heavy atom. The van der Waals surface area contributed by atoms with Crippen LogP contribution in [0.3, 0.4) is 0 Å². The smallest absolute Gasteiger partial charge is 0.247 e. The number of amides is 1. The molecule has 3 aromatic rings. The Kier molecular flexibility index (Phi) is 5.06. The van der Waals surface area contributed by atoms with E-state index in [1.54, 1.807) is 24.7 Å². The number of hydrogen-bond acceptors (Lipinski definition) is 4. The molecule has 4 heterocycles. The van der Waals surface area contributed by atoms with Gasteiger partial charge in [0.15, 0.2) is 5.82 Å². The maximum absolute atomic E-state index is 14.7. The second-order valence-electron chi connectivity index (χ2n) is 7.73. The first-order chi connectivity index (χ1) is 14.9. The van der Waals surface area contributed by atoms with Crippen molar-refractivity contribution in [3.8, 4) is 11.3 Å². The summed E-state index contributed by atoms with van der Waals surface area (Å²) >= 11 is 9.45. The molecule has 2 aliphatic heterocycles. The van der Waals surface area contributed by atoms with E-state index < -0.39 is 5.82 Å². The molecule has 1 amide bonds. The van der Waals surface area contributed by atoms with Gasteiger partial charge in [0.1, 0.15) is 5.82 Å². The molecule has 158 valence electrons. The fourth-order valence-electron chi connectivity index (χ4n) is 4.52. The van der Waals surface area contributed by atoms with Crippen LogP contribution in [0.5, 0.6) is 0 Å². The lowest BCUT2D eigenvalue weighted by molar-refractivity contribution is -0.129. The fourth-order valence-corrected chi connectivity index (χ4v) is 5.15. The van der Waals surface area contributed by atoms with Crippen LogP contribution in [0.15, 0.2) is 47.3 Å². The van der Waals surface area contributed by atoms with E-state index in [1.807, 2.05) is 11.0 Å². The summed E-state index contributed by atoms with van der Waals surface area (Å²) < 4.78 is 15.5. The van der Waals surface area contributed by atoms with Gasteiger partial charge in [0.2, 0.25) is 5.91 Å². The summed E-state index contributed by atoms with van der Waals surface area (Å²) in [6, 6.07) is 4.68. The minimum absolute atomic E-state index is 0.00494. The first-order valence-electron chi connectivity index (χ1n) is 9.85. The first-order valence-corrected chi connectivity index (χ1v) is 11.0. The van der Waals surface area contributed by atoms with Gasteiger partial charge >= 0.3 is 0 Å². The Bertz CT molecular complexity index is 1230. The zero-order valence-electron chi connectivity index (χ0n) is 16.3. The van der Waals surface area contributed by atoms with E-state index in [1.165, 1.54) is 12.1 Å². The molecular formula is C22H18BrClFN5O. The number of imidazole rings is 1. The molecule has 2 atom stereocenters. The summed E-state index contributed by atoms with van der Waals surface area (Å²) in [5.74, 6) is -0.0160. The summed E-state index contributed by atoms with van der Waals surface area (Å²) in [6.07, 6.45) is 8.77. The van der Waals surface area contributed by atoms with Crippen molar-refractivity contribution in [1.29, 1.82) is 0 Å². The summed E-state index contributed by atoms with van der Waals surface area (Å²) in [7, 11) is 0. The maximum atomic E-state index is 14.7. The number of nitrogens with zero attached hydrogens (tertiary/aromatic N) is 3. The van der Waals surface area contributed by atoms with Crippen molar-refractivity contribution in [1.82, 2.24) is 19.9 Å². The van der Waals surface area contributed by atoms with Crippen molar-refractivity contribution < 1.29 is 9.18 Å². The Morgan fingerprint density at radius 3 is 2.90 bits per heavy atom. The highest BCUT2D eigenvalue weighted by Crippen LogP contribution is 2.44. The number of pyridine rings is 1. The number of nitrogens with one attached hydrogen (secondary N) is 1. The van der Waals surface area contributed by atoms with E-state index in [9.17, 15) is 9.18 Å². The highest BCUT2D eigenvalue weighted by molar-refractivity contribution is 9.10. The van der Waals surface area contributed by atoms with Gasteiger partial charge in [-0.25, -0.2) is 9.37 Å². The van der Waals surface area contributed by atoms with Crippen molar-refractivity contribution in [2.24, 2.45) is 0 Å². The summed E-state index contributed by atoms with van der Waals surface area (Å²) in [4.78, 5) is 26.9. The number of fused-ring (bicyclic) bond motifs is 1. The molecule has 0 saturated carbocycles. The number of carbonyl (C=O) groups excluding carboxylic acids is 1. The van der Waals surface area contributed by atoms with Gasteiger partial charge < -0.3 is 15.6 Å². The molecule has 0 radical (unpaired) electrons. The van der Waals surface area contributed by atoms with E-state index >= 15 is 0 Å². The molecule has 2 aromatic heterocycles. The molecular weight excluding hydrogens is 485 g/mol. The van der Waals surface area contributed by atoms with Crippen molar-refractivity contribution in [2.45, 2.75) is 31.3 Å². The molecule has 2 aliphatic rings. The lowest BCUT2D eigenvalue weighted by Gasteiger charge is -2.33. The van der Waals surface area contributed by atoms with Gasteiger partial charge in [-0.2, -0.15) is 0 Å². The predicted molar refractivity (Wildman–Crippen MR) is 121 cm³/mol. The van der Waals surface area contributed by atoms with Gasteiger partial charge in [-0.05, 0) is 59.0 Å². The number of H-pyrrole nitrogens is 1. The van der Waals surface area contributed by atoms with Crippen molar-refractivity contribution >= 4 is 44.7 Å². The van der Waals surface area contributed by atoms with Crippen LogP contribution in [0.1, 0.15) is 36.7 Å². The molecule has 1 saturated heterocycles. The third-order valence-corrected chi connectivity index (χ3v) is 6.86. The number of aromatic amines is 1. The molecule has 0 spiro atoms. The van der Waals surface area contributed by atoms with Gasteiger partial charge in [-0.15, -0.1) is 0 Å². The average molecular weight is 503 g/mol. The molecule has 5 rings (SSSR count). The molecule has 31 heavy (non-hydrogen) atoms. The van der Waals surface area contributed by atoms with Crippen LogP contribution < -0.4 is 5.73 Å². The van der Waals surface area contributed by atoms with Crippen LogP contribution in [0.2, 0.25) is 5.02 Å². The first kappa shape index (κ1) is 20.2. The topological polar surface area (TPSA) is 87.9 Å². The van der Waals surface area contributed by atoms with Gasteiger partial charge in [-0.3, -0.25) is 9.78 Å². The van der Waals surface area contributed by atoms with Crippen molar-refractivity contribution in [3.05, 3.63) is 69.6 Å². The van der Waals surface area contributed by atoms with Gasteiger partial charge in [0.25, 0.3) is 0 Å². The zero-order valence-corrected chi connectivity index (χ0v) is 18.6. The number of nitrogen functional groups attached to an aromatic ring is 1. The summed E-state index contributed by atoms with van der Waals surface area (Å²) in [6.45, 7) is 0. The summed E-state index contributed by atoms with van der Waals surface area (Å²) in [5, 5.41) is -0.00494. The minimum Gasteiger partial charge on any atom is -0.398 e. The van der Waals surface area contributed by atoms with Crippen LogP contribution >= 0.6 is 27.5 Å². The molecule has 0 bridgehead atoms. The van der Waals surface area contributed by atoms with Crippen molar-refractivity contribution in [3.63, 3.8) is 0 Å². The van der Waals surface area contributed by atoms with E-state index in [0.29, 0.717) is 12.0 Å². The normalized spacial score (nSPS) is 20.7.